The van der Waals surface area contributed by atoms with Crippen LogP contribution in [0.2, 0.25) is 0 Å². The van der Waals surface area contributed by atoms with Crippen molar-refractivity contribution < 1.29 is 4.79 Å². The van der Waals surface area contributed by atoms with E-state index < -0.39 is 0 Å². The fourth-order valence-corrected chi connectivity index (χ4v) is 1.24. The van der Waals surface area contributed by atoms with Crippen molar-refractivity contribution in [2.45, 2.75) is 46.2 Å². The zero-order valence-corrected chi connectivity index (χ0v) is 10.1. The van der Waals surface area contributed by atoms with Gasteiger partial charge >= 0.3 is 0 Å². The Bertz CT molecular complexity index is 232. The summed E-state index contributed by atoms with van der Waals surface area (Å²) in [5.41, 5.74) is 0. The molecule has 0 aliphatic heterocycles. The average Bonchev–Trinajstić information content (AvgIpc) is 2.21. The first-order valence-electron chi connectivity index (χ1n) is 5.45. The van der Waals surface area contributed by atoms with E-state index >= 15 is 0 Å². The van der Waals surface area contributed by atoms with Crippen LogP contribution in [-0.4, -0.2) is 36.0 Å². The van der Waals surface area contributed by atoms with Gasteiger partial charge in [-0.1, -0.05) is 20.8 Å². The minimum absolute atomic E-state index is 0.000370. The lowest BCUT2D eigenvalue weighted by atomic mass is 10.2. The van der Waals surface area contributed by atoms with E-state index in [9.17, 15) is 4.79 Å². The summed E-state index contributed by atoms with van der Waals surface area (Å²) >= 11 is 0. The highest BCUT2D eigenvalue weighted by molar-refractivity contribution is 5.78. The monoisotopic (exact) mass is 211 g/mol. The molecular weight excluding hydrogens is 190 g/mol. The van der Waals surface area contributed by atoms with Gasteiger partial charge in [0.05, 0.1) is 12.6 Å². The second-order valence-electron chi connectivity index (χ2n) is 3.93. The first-order valence-corrected chi connectivity index (χ1v) is 5.45. The lowest BCUT2D eigenvalue weighted by molar-refractivity contribution is -0.131. The van der Waals surface area contributed by atoms with Gasteiger partial charge in [-0.05, 0) is 13.3 Å². The Morgan fingerprint density at radius 1 is 1.47 bits per heavy atom. The van der Waals surface area contributed by atoms with E-state index in [4.69, 9.17) is 5.26 Å². The molecule has 0 aromatic carbocycles. The fourth-order valence-electron chi connectivity index (χ4n) is 1.24. The Kier molecular flexibility index (Phi) is 6.72. The Balaban J connectivity index is 4.24. The standard InChI is InChI=1S/C11H21N3O/c1-5-6-14(10(4)7-12)11(15)8-13-9(2)3/h9-10,13H,5-6,8H2,1-4H3. The van der Waals surface area contributed by atoms with Crippen LogP contribution in [0.15, 0.2) is 0 Å². The predicted octanol–water partition coefficient (Wildman–Crippen LogP) is 1.14. The highest BCUT2D eigenvalue weighted by atomic mass is 16.2. The van der Waals surface area contributed by atoms with Gasteiger partial charge in [-0.2, -0.15) is 5.26 Å². The summed E-state index contributed by atoms with van der Waals surface area (Å²) in [4.78, 5) is 13.4. The maximum Gasteiger partial charge on any atom is 0.237 e. The molecule has 1 N–H and O–H groups in total. The van der Waals surface area contributed by atoms with Crippen molar-refractivity contribution >= 4 is 5.91 Å². The maximum absolute atomic E-state index is 11.8. The van der Waals surface area contributed by atoms with Crippen LogP contribution in [0.3, 0.4) is 0 Å². The molecule has 0 rings (SSSR count). The summed E-state index contributed by atoms with van der Waals surface area (Å²) in [7, 11) is 0. The van der Waals surface area contributed by atoms with Crippen LogP contribution >= 0.6 is 0 Å². The lowest BCUT2D eigenvalue weighted by Gasteiger charge is -2.25. The van der Waals surface area contributed by atoms with Crippen molar-refractivity contribution in [1.82, 2.24) is 10.2 Å². The predicted molar refractivity (Wildman–Crippen MR) is 60.2 cm³/mol. The zero-order chi connectivity index (χ0) is 11.8. The number of nitriles is 1. The van der Waals surface area contributed by atoms with Gasteiger partial charge in [0.25, 0.3) is 0 Å². The molecule has 0 aliphatic rings. The average molecular weight is 211 g/mol. The topological polar surface area (TPSA) is 56.1 Å². The fraction of sp³-hybridized carbons (Fsp3) is 0.818. The quantitative estimate of drug-likeness (QED) is 0.716. The van der Waals surface area contributed by atoms with Gasteiger partial charge in [0.2, 0.25) is 5.91 Å². The summed E-state index contributed by atoms with van der Waals surface area (Å²) in [6.07, 6.45) is 0.874. The third-order valence-electron chi connectivity index (χ3n) is 2.10. The van der Waals surface area contributed by atoms with Crippen LogP contribution in [0, 0.1) is 11.3 Å². The van der Waals surface area contributed by atoms with Crippen LogP contribution in [0.5, 0.6) is 0 Å². The highest BCUT2D eigenvalue weighted by Gasteiger charge is 2.18. The molecular formula is C11H21N3O. The highest BCUT2D eigenvalue weighted by Crippen LogP contribution is 2.00. The van der Waals surface area contributed by atoms with Gasteiger partial charge in [-0.25, -0.2) is 0 Å². The van der Waals surface area contributed by atoms with E-state index in [1.165, 1.54) is 0 Å². The molecule has 0 aliphatic carbocycles. The molecule has 1 atom stereocenters. The van der Waals surface area contributed by atoms with Crippen molar-refractivity contribution in [2.24, 2.45) is 0 Å². The van der Waals surface area contributed by atoms with Crippen LogP contribution in [0.1, 0.15) is 34.1 Å². The van der Waals surface area contributed by atoms with Crippen molar-refractivity contribution in [2.75, 3.05) is 13.1 Å². The Hall–Kier alpha value is -1.08. The van der Waals surface area contributed by atoms with Crippen LogP contribution < -0.4 is 5.32 Å². The Morgan fingerprint density at radius 2 is 2.07 bits per heavy atom. The molecule has 0 fully saturated rings. The summed E-state index contributed by atoms with van der Waals surface area (Å²) in [5.74, 6) is -0.000370. The molecule has 4 heteroatoms. The summed E-state index contributed by atoms with van der Waals surface area (Å²) in [6.45, 7) is 8.69. The third kappa shape index (κ3) is 5.38. The van der Waals surface area contributed by atoms with E-state index in [2.05, 4.69) is 11.4 Å². The first-order chi connectivity index (χ1) is 7.02. The van der Waals surface area contributed by atoms with Gasteiger partial charge in [-0.15, -0.1) is 0 Å². The minimum Gasteiger partial charge on any atom is -0.326 e. The summed E-state index contributed by atoms with van der Waals surface area (Å²) in [5, 5.41) is 11.9. The molecule has 15 heavy (non-hydrogen) atoms. The summed E-state index contributed by atoms with van der Waals surface area (Å²) in [6, 6.07) is 2.04. The number of nitrogens with zero attached hydrogens (tertiary/aromatic N) is 2. The molecule has 0 spiro atoms. The van der Waals surface area contributed by atoms with Crippen LogP contribution in [0.25, 0.3) is 0 Å². The van der Waals surface area contributed by atoms with Crippen molar-refractivity contribution in [3.8, 4) is 6.07 Å². The number of amides is 1. The van der Waals surface area contributed by atoms with E-state index in [1.54, 1.807) is 11.8 Å². The van der Waals surface area contributed by atoms with E-state index in [0.29, 0.717) is 13.1 Å². The smallest absolute Gasteiger partial charge is 0.237 e. The van der Waals surface area contributed by atoms with Crippen LogP contribution in [0.4, 0.5) is 0 Å². The van der Waals surface area contributed by atoms with Gasteiger partial charge in [0.15, 0.2) is 0 Å². The molecule has 0 heterocycles. The third-order valence-corrected chi connectivity index (χ3v) is 2.10. The normalized spacial score (nSPS) is 12.3. The minimum atomic E-state index is -0.341. The molecule has 1 unspecified atom stereocenters. The molecule has 86 valence electrons. The van der Waals surface area contributed by atoms with Gasteiger partial charge in [0, 0.05) is 12.6 Å². The number of hydrogen-bond acceptors (Lipinski definition) is 3. The van der Waals surface area contributed by atoms with E-state index in [0.717, 1.165) is 6.42 Å². The molecule has 0 radical (unpaired) electrons. The SMILES string of the molecule is CCCN(C(=O)CNC(C)C)C(C)C#N. The molecule has 0 saturated heterocycles. The molecule has 0 aromatic rings. The molecule has 4 nitrogen and oxygen atoms in total. The molecule has 0 bridgehead atoms. The molecule has 0 saturated carbocycles. The number of rotatable bonds is 6. The second-order valence-corrected chi connectivity index (χ2v) is 3.93. The van der Waals surface area contributed by atoms with E-state index in [1.807, 2.05) is 20.8 Å². The Morgan fingerprint density at radius 3 is 2.47 bits per heavy atom. The van der Waals surface area contributed by atoms with E-state index in [-0.39, 0.29) is 18.0 Å². The largest absolute Gasteiger partial charge is 0.326 e. The molecule has 0 aromatic heterocycles. The Labute approximate surface area is 92.3 Å². The molecule has 1 amide bonds. The lowest BCUT2D eigenvalue weighted by Crippen LogP contribution is -2.44. The number of carbonyl (C=O) groups excluding carboxylic acids is 1. The van der Waals surface area contributed by atoms with Gasteiger partial charge in [0.1, 0.15) is 6.04 Å². The zero-order valence-electron chi connectivity index (χ0n) is 10.1. The second kappa shape index (κ2) is 7.24. The summed E-state index contributed by atoms with van der Waals surface area (Å²) < 4.78 is 0. The number of nitrogens with one attached hydrogen (secondary N) is 1. The van der Waals surface area contributed by atoms with Crippen molar-refractivity contribution in [3.05, 3.63) is 0 Å². The first kappa shape index (κ1) is 13.9. The number of carbonyl (C=O) groups is 1. The van der Waals surface area contributed by atoms with Gasteiger partial charge < -0.3 is 10.2 Å². The van der Waals surface area contributed by atoms with Gasteiger partial charge in [-0.3, -0.25) is 4.79 Å². The number of hydrogen-bond donors (Lipinski definition) is 1. The van der Waals surface area contributed by atoms with Crippen molar-refractivity contribution in [1.29, 1.82) is 5.26 Å². The maximum atomic E-state index is 11.8. The van der Waals surface area contributed by atoms with Crippen LogP contribution in [-0.2, 0) is 4.79 Å². The van der Waals surface area contributed by atoms with Crippen molar-refractivity contribution in [3.63, 3.8) is 0 Å².